The SMILES string of the molecule is c1ccc(Cc2cccc[n+]2CCCC[n+]2ccccc2Cc2ccccc2)cc1. The fraction of sp³-hybridized carbons (Fsp3) is 0.214. The molecule has 2 aromatic carbocycles. The number of benzene rings is 2. The third-order valence-electron chi connectivity index (χ3n) is 5.57. The van der Waals surface area contributed by atoms with Crippen LogP contribution < -0.4 is 9.13 Å². The standard InChI is InChI=1S/C28H30N2/c1-3-13-25(14-4-1)23-27-17-7-9-19-29(27)21-11-12-22-30-20-10-8-18-28(30)24-26-15-5-2-6-16-26/h1-10,13-20H,11-12,21-24H2/q+2. The van der Waals surface area contributed by atoms with E-state index < -0.39 is 0 Å². The van der Waals surface area contributed by atoms with Crippen LogP contribution >= 0.6 is 0 Å². The summed E-state index contributed by atoms with van der Waals surface area (Å²) in [5.41, 5.74) is 5.48. The zero-order chi connectivity index (χ0) is 20.4. The molecule has 2 nitrogen and oxygen atoms in total. The third-order valence-corrected chi connectivity index (χ3v) is 5.57. The highest BCUT2D eigenvalue weighted by molar-refractivity contribution is 5.20. The van der Waals surface area contributed by atoms with Crippen molar-refractivity contribution in [2.45, 2.75) is 38.8 Å². The van der Waals surface area contributed by atoms with Gasteiger partial charge in [-0.25, -0.2) is 9.13 Å². The molecule has 4 rings (SSSR count). The zero-order valence-electron chi connectivity index (χ0n) is 17.5. The molecule has 0 spiro atoms. The van der Waals surface area contributed by atoms with Gasteiger partial charge in [0.15, 0.2) is 23.8 Å². The van der Waals surface area contributed by atoms with Gasteiger partial charge in [0.1, 0.15) is 13.1 Å². The van der Waals surface area contributed by atoms with Crippen LogP contribution in [0.15, 0.2) is 109 Å². The van der Waals surface area contributed by atoms with Crippen LogP contribution in [-0.2, 0) is 25.9 Å². The third kappa shape index (κ3) is 5.64. The fourth-order valence-electron chi connectivity index (χ4n) is 3.95. The van der Waals surface area contributed by atoms with Gasteiger partial charge in [0.2, 0.25) is 0 Å². The van der Waals surface area contributed by atoms with Crippen molar-refractivity contribution in [1.82, 2.24) is 0 Å². The summed E-state index contributed by atoms with van der Waals surface area (Å²) >= 11 is 0. The van der Waals surface area contributed by atoms with Gasteiger partial charge in [0, 0.05) is 37.1 Å². The van der Waals surface area contributed by atoms with E-state index in [0.717, 1.165) is 25.9 Å². The van der Waals surface area contributed by atoms with E-state index in [1.165, 1.54) is 35.4 Å². The lowest BCUT2D eigenvalue weighted by atomic mass is 10.1. The number of pyridine rings is 2. The lowest BCUT2D eigenvalue weighted by molar-refractivity contribution is -0.714. The second kappa shape index (κ2) is 10.5. The number of nitrogens with zero attached hydrogens (tertiary/aromatic N) is 2. The Hall–Kier alpha value is -3.26. The highest BCUT2D eigenvalue weighted by Gasteiger charge is 2.13. The maximum Gasteiger partial charge on any atom is 0.185 e. The summed E-state index contributed by atoms with van der Waals surface area (Å²) in [6.45, 7) is 2.12. The smallest absolute Gasteiger partial charge is 0.185 e. The largest absolute Gasteiger partial charge is 0.202 e. The molecule has 4 aromatic rings. The second-order valence-electron chi connectivity index (χ2n) is 7.80. The summed E-state index contributed by atoms with van der Waals surface area (Å²) in [5, 5.41) is 0. The molecular weight excluding hydrogens is 364 g/mol. The minimum Gasteiger partial charge on any atom is -0.202 e. The van der Waals surface area contributed by atoms with Crippen molar-refractivity contribution in [2.24, 2.45) is 0 Å². The van der Waals surface area contributed by atoms with Crippen LogP contribution in [0.5, 0.6) is 0 Å². The summed E-state index contributed by atoms with van der Waals surface area (Å²) < 4.78 is 4.82. The molecule has 0 fully saturated rings. The lowest BCUT2D eigenvalue weighted by Gasteiger charge is -2.06. The molecule has 0 bridgehead atoms. The highest BCUT2D eigenvalue weighted by Crippen LogP contribution is 2.07. The average molecular weight is 395 g/mol. The first kappa shape index (κ1) is 20.0. The Kier molecular flexibility index (Phi) is 7.01. The Balaban J connectivity index is 1.34. The fourth-order valence-corrected chi connectivity index (χ4v) is 3.95. The minimum absolute atomic E-state index is 0.982. The van der Waals surface area contributed by atoms with Gasteiger partial charge in [0.25, 0.3) is 0 Å². The van der Waals surface area contributed by atoms with Crippen molar-refractivity contribution in [3.63, 3.8) is 0 Å². The molecule has 2 heteroatoms. The van der Waals surface area contributed by atoms with Crippen LogP contribution in [0.25, 0.3) is 0 Å². The van der Waals surface area contributed by atoms with E-state index in [9.17, 15) is 0 Å². The van der Waals surface area contributed by atoms with Crippen LogP contribution in [0.1, 0.15) is 35.4 Å². The summed E-state index contributed by atoms with van der Waals surface area (Å²) in [6, 6.07) is 34.5. The first-order valence-electron chi connectivity index (χ1n) is 10.9. The molecule has 2 heterocycles. The van der Waals surface area contributed by atoms with Gasteiger partial charge in [-0.2, -0.15) is 0 Å². The van der Waals surface area contributed by atoms with E-state index in [1.54, 1.807) is 0 Å². The number of hydrogen-bond acceptors (Lipinski definition) is 0. The highest BCUT2D eigenvalue weighted by atomic mass is 15.0. The van der Waals surface area contributed by atoms with Crippen molar-refractivity contribution in [1.29, 1.82) is 0 Å². The van der Waals surface area contributed by atoms with Gasteiger partial charge < -0.3 is 0 Å². The molecular formula is C28H30N2+2. The van der Waals surface area contributed by atoms with E-state index in [4.69, 9.17) is 0 Å². The Morgan fingerprint density at radius 2 is 0.833 bits per heavy atom. The van der Waals surface area contributed by atoms with Crippen molar-refractivity contribution >= 4 is 0 Å². The van der Waals surface area contributed by atoms with Crippen molar-refractivity contribution in [3.8, 4) is 0 Å². The summed E-state index contributed by atoms with van der Waals surface area (Å²) in [4.78, 5) is 0. The Bertz CT molecular complexity index is 955. The van der Waals surface area contributed by atoms with Crippen molar-refractivity contribution in [2.75, 3.05) is 0 Å². The molecule has 30 heavy (non-hydrogen) atoms. The normalized spacial score (nSPS) is 10.8. The van der Waals surface area contributed by atoms with E-state index >= 15 is 0 Å². The molecule has 0 atom stereocenters. The van der Waals surface area contributed by atoms with Gasteiger partial charge in [-0.05, 0) is 11.1 Å². The monoisotopic (exact) mass is 394 g/mol. The lowest BCUT2D eigenvalue weighted by Crippen LogP contribution is -2.40. The average Bonchev–Trinajstić information content (AvgIpc) is 2.80. The molecule has 0 aliphatic carbocycles. The predicted molar refractivity (Wildman–Crippen MR) is 121 cm³/mol. The number of unbranched alkanes of at least 4 members (excludes halogenated alkanes) is 1. The Labute approximate surface area is 180 Å². The second-order valence-corrected chi connectivity index (χ2v) is 7.80. The Morgan fingerprint density at radius 3 is 1.27 bits per heavy atom. The molecule has 0 N–H and O–H groups in total. The van der Waals surface area contributed by atoms with Gasteiger partial charge in [-0.3, -0.25) is 0 Å². The molecule has 0 aliphatic heterocycles. The van der Waals surface area contributed by atoms with E-state index in [0.29, 0.717) is 0 Å². The number of rotatable bonds is 9. The molecule has 150 valence electrons. The first-order valence-corrected chi connectivity index (χ1v) is 10.9. The van der Waals surface area contributed by atoms with Crippen LogP contribution in [0.4, 0.5) is 0 Å². The van der Waals surface area contributed by atoms with Crippen LogP contribution in [0.2, 0.25) is 0 Å². The molecule has 0 amide bonds. The number of aromatic nitrogens is 2. The van der Waals surface area contributed by atoms with Gasteiger partial charge in [0.05, 0.1) is 12.8 Å². The van der Waals surface area contributed by atoms with Crippen molar-refractivity contribution < 1.29 is 9.13 Å². The van der Waals surface area contributed by atoms with Gasteiger partial charge in [-0.1, -0.05) is 72.8 Å². The van der Waals surface area contributed by atoms with Crippen LogP contribution in [0, 0.1) is 0 Å². The summed E-state index contributed by atoms with van der Waals surface area (Å²) in [5.74, 6) is 0. The summed E-state index contributed by atoms with van der Waals surface area (Å²) in [6.07, 6.45) is 8.74. The van der Waals surface area contributed by atoms with Gasteiger partial charge in [-0.15, -0.1) is 0 Å². The Morgan fingerprint density at radius 1 is 0.433 bits per heavy atom. The molecule has 2 aromatic heterocycles. The molecule has 0 radical (unpaired) electrons. The van der Waals surface area contributed by atoms with Crippen molar-refractivity contribution in [3.05, 3.63) is 132 Å². The maximum absolute atomic E-state index is 2.41. The zero-order valence-corrected chi connectivity index (χ0v) is 17.5. The van der Waals surface area contributed by atoms with E-state index in [1.807, 2.05) is 0 Å². The molecule has 0 saturated heterocycles. The van der Waals surface area contributed by atoms with Crippen LogP contribution in [-0.4, -0.2) is 0 Å². The molecule has 0 aliphatic rings. The van der Waals surface area contributed by atoms with E-state index in [2.05, 4.69) is 119 Å². The number of aryl methyl sites for hydroxylation is 2. The predicted octanol–water partition coefficient (Wildman–Crippen LogP) is 4.92. The van der Waals surface area contributed by atoms with E-state index in [-0.39, 0.29) is 0 Å². The quantitative estimate of drug-likeness (QED) is 0.281. The maximum atomic E-state index is 2.41. The topological polar surface area (TPSA) is 7.76 Å². The van der Waals surface area contributed by atoms with Crippen LogP contribution in [0.3, 0.4) is 0 Å². The number of hydrogen-bond donors (Lipinski definition) is 0. The summed E-state index contributed by atoms with van der Waals surface area (Å²) in [7, 11) is 0. The van der Waals surface area contributed by atoms with Gasteiger partial charge >= 0.3 is 0 Å². The first-order chi connectivity index (χ1) is 14.9. The molecule has 0 unspecified atom stereocenters. The minimum atomic E-state index is 0.982. The molecule has 0 saturated carbocycles.